The number of likely N-dealkylation sites (tertiary alicyclic amines) is 1. The molecule has 1 saturated heterocycles. The van der Waals surface area contributed by atoms with Gasteiger partial charge in [-0.25, -0.2) is 23.2 Å². The van der Waals surface area contributed by atoms with Crippen LogP contribution in [0, 0.1) is 6.92 Å². The molecule has 1 aliphatic rings. The number of piperidine rings is 1. The Kier molecular flexibility index (Phi) is 6.94. The zero-order valence-corrected chi connectivity index (χ0v) is 18.8. The van der Waals surface area contributed by atoms with Crippen molar-refractivity contribution < 1.29 is 27.4 Å². The Balaban J connectivity index is 1.61. The molecule has 0 unspecified atom stereocenters. The van der Waals surface area contributed by atoms with Gasteiger partial charge in [-0.05, 0) is 26.8 Å². The molecule has 168 valence electrons. The second-order valence-electron chi connectivity index (χ2n) is 7.58. The van der Waals surface area contributed by atoms with Gasteiger partial charge in [-0.3, -0.25) is 0 Å². The van der Waals surface area contributed by atoms with Crippen molar-refractivity contribution in [1.29, 1.82) is 0 Å². The lowest BCUT2D eigenvalue weighted by Crippen LogP contribution is -2.42. The fourth-order valence-corrected chi connectivity index (χ4v) is 3.47. The highest BCUT2D eigenvalue weighted by atomic mass is 32.2. The molecule has 0 saturated carbocycles. The minimum Gasteiger partial charge on any atom is -0.474 e. The number of sulfone groups is 1. The maximum atomic E-state index is 12.0. The monoisotopic (exact) mass is 450 g/mol. The number of amides is 1. The molecule has 10 nitrogen and oxygen atoms in total. The molecule has 0 radical (unpaired) electrons. The van der Waals surface area contributed by atoms with Crippen molar-refractivity contribution >= 4 is 15.9 Å². The summed E-state index contributed by atoms with van der Waals surface area (Å²) in [4.78, 5) is 26.2. The standard InChI is InChI=1S/C20H26N4O6S/c1-13(2)28-20(25)24-9-7-15(8-10-24)29-18-14(3)11-22-19(23-18)30-17-6-5-16(12-21-17)31(4,26)27/h5-6,11-13,15H,7-10H2,1-4H3. The van der Waals surface area contributed by atoms with Gasteiger partial charge in [-0.15, -0.1) is 0 Å². The minimum atomic E-state index is -3.34. The first-order chi connectivity index (χ1) is 14.6. The van der Waals surface area contributed by atoms with Crippen molar-refractivity contribution in [2.24, 2.45) is 0 Å². The quantitative estimate of drug-likeness (QED) is 0.654. The molecule has 1 aliphatic heterocycles. The molecule has 3 heterocycles. The van der Waals surface area contributed by atoms with E-state index >= 15 is 0 Å². The van der Waals surface area contributed by atoms with Gasteiger partial charge in [0, 0.05) is 56.2 Å². The number of aryl methyl sites for hydroxylation is 1. The lowest BCUT2D eigenvalue weighted by molar-refractivity contribution is 0.0504. The lowest BCUT2D eigenvalue weighted by Gasteiger charge is -2.31. The van der Waals surface area contributed by atoms with Crippen LogP contribution in [0.5, 0.6) is 17.8 Å². The van der Waals surface area contributed by atoms with E-state index in [0.717, 1.165) is 11.8 Å². The molecule has 0 bridgehead atoms. The van der Waals surface area contributed by atoms with E-state index in [1.54, 1.807) is 11.1 Å². The first-order valence-corrected chi connectivity index (χ1v) is 11.8. The minimum absolute atomic E-state index is 0.0400. The molecular weight excluding hydrogens is 424 g/mol. The normalized spacial score (nSPS) is 15.1. The van der Waals surface area contributed by atoms with Crippen LogP contribution < -0.4 is 9.47 Å². The van der Waals surface area contributed by atoms with Crippen LogP contribution in [0.25, 0.3) is 0 Å². The summed E-state index contributed by atoms with van der Waals surface area (Å²) in [6.45, 7) is 6.55. The van der Waals surface area contributed by atoms with E-state index in [9.17, 15) is 13.2 Å². The van der Waals surface area contributed by atoms with Crippen LogP contribution in [0.1, 0.15) is 32.3 Å². The Hall–Kier alpha value is -2.95. The summed E-state index contributed by atoms with van der Waals surface area (Å²) < 4.78 is 39.9. The van der Waals surface area contributed by atoms with Crippen molar-refractivity contribution in [3.8, 4) is 17.8 Å². The molecule has 3 rings (SSSR count). The first-order valence-electron chi connectivity index (χ1n) is 9.91. The lowest BCUT2D eigenvalue weighted by atomic mass is 10.1. The predicted molar refractivity (Wildman–Crippen MR) is 111 cm³/mol. The summed E-state index contributed by atoms with van der Waals surface area (Å²) >= 11 is 0. The molecule has 2 aromatic rings. The largest absolute Gasteiger partial charge is 0.474 e. The molecule has 0 N–H and O–H groups in total. The third kappa shape index (κ3) is 6.27. The average Bonchev–Trinajstić information content (AvgIpc) is 2.70. The Morgan fingerprint density at radius 3 is 2.45 bits per heavy atom. The van der Waals surface area contributed by atoms with Crippen LogP contribution in [0.15, 0.2) is 29.4 Å². The van der Waals surface area contributed by atoms with Gasteiger partial charge in [0.25, 0.3) is 0 Å². The summed E-state index contributed by atoms with van der Waals surface area (Å²) in [7, 11) is -3.34. The fourth-order valence-electron chi connectivity index (χ4n) is 2.91. The third-order valence-corrected chi connectivity index (χ3v) is 5.65. The number of hydrogen-bond acceptors (Lipinski definition) is 9. The summed E-state index contributed by atoms with van der Waals surface area (Å²) in [6, 6.07) is 2.88. The Morgan fingerprint density at radius 2 is 1.87 bits per heavy atom. The van der Waals surface area contributed by atoms with Crippen molar-refractivity contribution in [3.63, 3.8) is 0 Å². The number of ether oxygens (including phenoxy) is 3. The van der Waals surface area contributed by atoms with Gasteiger partial charge >= 0.3 is 12.1 Å². The first kappa shape index (κ1) is 22.7. The van der Waals surface area contributed by atoms with Crippen LogP contribution in [-0.2, 0) is 14.6 Å². The molecule has 0 atom stereocenters. The van der Waals surface area contributed by atoms with E-state index in [2.05, 4.69) is 15.0 Å². The van der Waals surface area contributed by atoms with Crippen molar-refractivity contribution in [3.05, 3.63) is 30.1 Å². The fraction of sp³-hybridized carbons (Fsp3) is 0.500. The second kappa shape index (κ2) is 9.46. The maximum absolute atomic E-state index is 12.0. The molecule has 2 aromatic heterocycles. The SMILES string of the molecule is Cc1cnc(Oc2ccc(S(C)(=O)=O)cn2)nc1OC1CCN(C(=O)OC(C)C)CC1. The molecule has 1 amide bonds. The smallest absolute Gasteiger partial charge is 0.410 e. The number of carbonyl (C=O) groups is 1. The van der Waals surface area contributed by atoms with Gasteiger partial charge in [0.15, 0.2) is 9.84 Å². The summed E-state index contributed by atoms with van der Waals surface area (Å²) in [5.41, 5.74) is 0.745. The highest BCUT2D eigenvalue weighted by molar-refractivity contribution is 7.90. The van der Waals surface area contributed by atoms with E-state index in [0.29, 0.717) is 31.8 Å². The summed E-state index contributed by atoms with van der Waals surface area (Å²) in [6.07, 6.45) is 4.65. The number of rotatable bonds is 6. The van der Waals surface area contributed by atoms with E-state index in [-0.39, 0.29) is 35.1 Å². The Morgan fingerprint density at radius 1 is 1.16 bits per heavy atom. The third-order valence-electron chi connectivity index (χ3n) is 4.55. The molecule has 1 fully saturated rings. The predicted octanol–water partition coefficient (Wildman–Crippen LogP) is 2.76. The van der Waals surface area contributed by atoms with Crippen molar-refractivity contribution in [2.75, 3.05) is 19.3 Å². The molecule has 0 spiro atoms. The maximum Gasteiger partial charge on any atom is 0.410 e. The Bertz CT molecular complexity index is 1020. The number of carbonyl (C=O) groups excluding carboxylic acids is 1. The van der Waals surface area contributed by atoms with E-state index in [1.165, 1.54) is 18.3 Å². The summed E-state index contributed by atoms with van der Waals surface area (Å²) in [5.74, 6) is 0.556. The van der Waals surface area contributed by atoms with E-state index in [4.69, 9.17) is 14.2 Å². The topological polar surface area (TPSA) is 121 Å². The molecular formula is C20H26N4O6S. The molecule has 0 aromatic carbocycles. The van der Waals surface area contributed by atoms with Gasteiger partial charge in [0.1, 0.15) is 6.10 Å². The van der Waals surface area contributed by atoms with Gasteiger partial charge < -0.3 is 19.1 Å². The molecule has 31 heavy (non-hydrogen) atoms. The number of aromatic nitrogens is 3. The van der Waals surface area contributed by atoms with Gasteiger partial charge in [-0.2, -0.15) is 4.98 Å². The van der Waals surface area contributed by atoms with E-state index in [1.807, 2.05) is 20.8 Å². The van der Waals surface area contributed by atoms with Crippen LogP contribution >= 0.6 is 0 Å². The molecule has 11 heteroatoms. The van der Waals surface area contributed by atoms with Crippen LogP contribution in [0.4, 0.5) is 4.79 Å². The Labute approximate surface area is 181 Å². The van der Waals surface area contributed by atoms with Crippen molar-refractivity contribution in [1.82, 2.24) is 19.9 Å². The van der Waals surface area contributed by atoms with E-state index < -0.39 is 9.84 Å². The average molecular weight is 451 g/mol. The number of pyridine rings is 1. The van der Waals surface area contributed by atoms with Gasteiger partial charge in [0.05, 0.1) is 11.0 Å². The van der Waals surface area contributed by atoms with Gasteiger partial charge in [-0.1, -0.05) is 0 Å². The highest BCUT2D eigenvalue weighted by Gasteiger charge is 2.26. The van der Waals surface area contributed by atoms with Crippen LogP contribution in [0.2, 0.25) is 0 Å². The number of hydrogen-bond donors (Lipinski definition) is 0. The van der Waals surface area contributed by atoms with Crippen molar-refractivity contribution in [2.45, 2.75) is 50.7 Å². The molecule has 0 aliphatic carbocycles. The summed E-state index contributed by atoms with van der Waals surface area (Å²) in [5, 5.41) is 0. The van der Waals surface area contributed by atoms with Crippen LogP contribution in [0.3, 0.4) is 0 Å². The second-order valence-corrected chi connectivity index (χ2v) is 9.60. The van der Waals surface area contributed by atoms with Crippen LogP contribution in [-0.4, -0.2) is 65.9 Å². The number of nitrogens with zero attached hydrogens (tertiary/aromatic N) is 4. The zero-order chi connectivity index (χ0) is 22.6. The zero-order valence-electron chi connectivity index (χ0n) is 17.9. The van der Waals surface area contributed by atoms with Gasteiger partial charge in [0.2, 0.25) is 11.8 Å². The highest BCUT2D eigenvalue weighted by Crippen LogP contribution is 2.24.